The summed E-state index contributed by atoms with van der Waals surface area (Å²) in [7, 11) is 3.29. The van der Waals surface area contributed by atoms with Gasteiger partial charge in [-0.1, -0.05) is 41.6 Å². The molecule has 4 rings (SSSR count). The first kappa shape index (κ1) is 19.3. The summed E-state index contributed by atoms with van der Waals surface area (Å²) in [6.07, 6.45) is 1.94. The zero-order chi connectivity index (χ0) is 20.5. The highest BCUT2D eigenvalue weighted by Crippen LogP contribution is 2.36. The first-order valence-electron chi connectivity index (χ1n) is 9.16. The van der Waals surface area contributed by atoms with Crippen molar-refractivity contribution in [3.8, 4) is 28.7 Å². The number of fused-ring (bicyclic) bond motifs is 1. The molecule has 0 radical (unpaired) electrons. The minimum absolute atomic E-state index is 0.555. The van der Waals surface area contributed by atoms with Crippen molar-refractivity contribution in [2.24, 2.45) is 0 Å². The molecule has 0 saturated carbocycles. The van der Waals surface area contributed by atoms with E-state index in [-0.39, 0.29) is 0 Å². The number of aromatic nitrogens is 4. The van der Waals surface area contributed by atoms with Gasteiger partial charge in [0.15, 0.2) is 11.5 Å². The molecule has 2 aromatic carbocycles. The fourth-order valence-corrected chi connectivity index (χ4v) is 3.75. The van der Waals surface area contributed by atoms with Crippen LogP contribution in [0.15, 0.2) is 47.6 Å². The number of benzene rings is 2. The van der Waals surface area contributed by atoms with E-state index in [1.165, 1.54) is 17.3 Å². The number of ether oxygens (including phenoxy) is 2. The molecule has 0 aliphatic carbocycles. The third-order valence-electron chi connectivity index (χ3n) is 4.88. The fraction of sp³-hybridized carbons (Fsp3) is 0.227. The number of hydrogen-bond donors (Lipinski definition) is 0. The molecule has 0 amide bonds. The standard InChI is InChI=1S/C22H22N4O2S/c1-13-6-8-15(9-7-13)20-17-12-19(28-4)18(27-3)11-16(17)10-14(2)26(20)21-23-22(29-5)25-24-21/h6-12H,1-5H3. The lowest BCUT2D eigenvalue weighted by Crippen LogP contribution is -2.39. The van der Waals surface area contributed by atoms with Crippen LogP contribution in [0.4, 0.5) is 0 Å². The third kappa shape index (κ3) is 3.42. The van der Waals surface area contributed by atoms with Crippen LogP contribution in [0.5, 0.6) is 11.5 Å². The first-order valence-corrected chi connectivity index (χ1v) is 10.4. The Labute approximate surface area is 173 Å². The summed E-state index contributed by atoms with van der Waals surface area (Å²) in [5, 5.41) is 11.2. The molecular weight excluding hydrogens is 384 g/mol. The lowest BCUT2D eigenvalue weighted by Gasteiger charge is -2.19. The van der Waals surface area contributed by atoms with Gasteiger partial charge in [0.05, 0.1) is 19.9 Å². The lowest BCUT2D eigenvalue weighted by molar-refractivity contribution is -0.598. The van der Waals surface area contributed by atoms with E-state index in [9.17, 15) is 0 Å². The molecule has 0 spiro atoms. The van der Waals surface area contributed by atoms with Crippen molar-refractivity contribution in [2.75, 3.05) is 20.5 Å². The van der Waals surface area contributed by atoms with Gasteiger partial charge < -0.3 is 9.47 Å². The van der Waals surface area contributed by atoms with Gasteiger partial charge in [-0.25, -0.2) is 0 Å². The molecule has 148 valence electrons. The van der Waals surface area contributed by atoms with E-state index < -0.39 is 0 Å². The zero-order valence-electron chi connectivity index (χ0n) is 17.1. The van der Waals surface area contributed by atoms with E-state index in [4.69, 9.17) is 9.47 Å². The van der Waals surface area contributed by atoms with Gasteiger partial charge in [0, 0.05) is 11.1 Å². The van der Waals surface area contributed by atoms with Gasteiger partial charge in [0.25, 0.3) is 5.95 Å². The Morgan fingerprint density at radius 2 is 1.62 bits per heavy atom. The second kappa shape index (κ2) is 7.75. The van der Waals surface area contributed by atoms with E-state index in [0.717, 1.165) is 27.7 Å². The summed E-state index contributed by atoms with van der Waals surface area (Å²) >= 11 is 1.47. The fourth-order valence-electron chi connectivity index (χ4n) is 3.46. The molecule has 6 nitrogen and oxygen atoms in total. The van der Waals surface area contributed by atoms with Crippen molar-refractivity contribution < 1.29 is 14.0 Å². The molecule has 29 heavy (non-hydrogen) atoms. The molecule has 0 saturated heterocycles. The first-order chi connectivity index (χ1) is 14.0. The molecule has 0 unspecified atom stereocenters. The maximum absolute atomic E-state index is 5.57. The van der Waals surface area contributed by atoms with Gasteiger partial charge in [0.2, 0.25) is 5.16 Å². The number of thioether (sulfide) groups is 1. The number of aryl methyl sites for hydroxylation is 2. The predicted octanol–water partition coefficient (Wildman–Crippen LogP) is 3.89. The Balaban J connectivity index is 2.11. The Morgan fingerprint density at radius 1 is 0.931 bits per heavy atom. The SMILES string of the molecule is COc1cc2cc(C)[n+](-c3nnc(SC)[n-]3)c(-c3ccc(C)cc3)c2cc1OC. The third-order valence-corrected chi connectivity index (χ3v) is 5.42. The molecule has 2 aromatic heterocycles. The van der Waals surface area contributed by atoms with Crippen molar-refractivity contribution in [3.05, 3.63) is 53.7 Å². The van der Waals surface area contributed by atoms with E-state index in [1.54, 1.807) is 14.2 Å². The monoisotopic (exact) mass is 406 g/mol. The molecule has 0 aliphatic heterocycles. The van der Waals surface area contributed by atoms with Crippen molar-refractivity contribution in [1.82, 2.24) is 15.2 Å². The van der Waals surface area contributed by atoms with Crippen molar-refractivity contribution >= 4 is 22.5 Å². The van der Waals surface area contributed by atoms with Gasteiger partial charge >= 0.3 is 0 Å². The van der Waals surface area contributed by atoms with Gasteiger partial charge in [-0.3, -0.25) is 4.57 Å². The second-order valence-electron chi connectivity index (χ2n) is 6.73. The van der Waals surface area contributed by atoms with Crippen LogP contribution in [0.25, 0.3) is 28.0 Å². The van der Waals surface area contributed by atoms with E-state index in [0.29, 0.717) is 22.6 Å². The topological polar surface area (TPSA) is 62.2 Å². The summed E-state index contributed by atoms with van der Waals surface area (Å²) in [4.78, 5) is 4.59. The molecule has 0 aliphatic rings. The smallest absolute Gasteiger partial charge is 0.256 e. The van der Waals surface area contributed by atoms with Crippen LogP contribution in [0.2, 0.25) is 0 Å². The number of methoxy groups -OCH3 is 2. The molecule has 4 aromatic rings. The van der Waals surface area contributed by atoms with Crippen LogP contribution in [0.1, 0.15) is 11.3 Å². The second-order valence-corrected chi connectivity index (χ2v) is 7.50. The number of hydrogen-bond acceptors (Lipinski definition) is 5. The minimum atomic E-state index is 0.555. The van der Waals surface area contributed by atoms with E-state index in [1.807, 2.05) is 29.9 Å². The Kier molecular flexibility index (Phi) is 5.15. The maximum atomic E-state index is 5.57. The van der Waals surface area contributed by atoms with Crippen LogP contribution in [-0.2, 0) is 0 Å². The average molecular weight is 407 g/mol. The highest BCUT2D eigenvalue weighted by molar-refractivity contribution is 7.98. The number of rotatable bonds is 5. The Bertz CT molecular complexity index is 1190. The van der Waals surface area contributed by atoms with Crippen LogP contribution in [-0.4, -0.2) is 30.7 Å². The molecular formula is C22H22N4O2S. The van der Waals surface area contributed by atoms with Gasteiger partial charge in [-0.05, 0) is 49.3 Å². The molecule has 7 heteroatoms. The van der Waals surface area contributed by atoms with Crippen LogP contribution in [0, 0.1) is 13.8 Å². The largest absolute Gasteiger partial charge is 0.493 e. The minimum Gasteiger partial charge on any atom is -0.493 e. The van der Waals surface area contributed by atoms with Crippen molar-refractivity contribution in [1.29, 1.82) is 0 Å². The van der Waals surface area contributed by atoms with E-state index >= 15 is 0 Å². The van der Waals surface area contributed by atoms with Crippen LogP contribution in [0.3, 0.4) is 0 Å². The molecule has 0 bridgehead atoms. The van der Waals surface area contributed by atoms with Gasteiger partial charge in [-0.15, -0.1) is 10.2 Å². The quantitative estimate of drug-likeness (QED) is 0.370. The maximum Gasteiger partial charge on any atom is 0.256 e. The number of nitrogens with zero attached hydrogens (tertiary/aromatic N) is 4. The summed E-state index contributed by atoms with van der Waals surface area (Å²) in [5.41, 5.74) is 4.25. The molecule has 0 fully saturated rings. The normalized spacial score (nSPS) is 11.1. The predicted molar refractivity (Wildman–Crippen MR) is 114 cm³/mol. The average Bonchev–Trinajstić information content (AvgIpc) is 3.21. The van der Waals surface area contributed by atoms with Gasteiger partial charge in [0.1, 0.15) is 0 Å². The van der Waals surface area contributed by atoms with Crippen LogP contribution < -0.4 is 19.0 Å². The Hall–Kier alpha value is -3.06. The highest BCUT2D eigenvalue weighted by Gasteiger charge is 2.19. The van der Waals surface area contributed by atoms with Crippen LogP contribution >= 0.6 is 11.8 Å². The number of pyridine rings is 1. The summed E-state index contributed by atoms with van der Waals surface area (Å²) in [6.45, 7) is 4.12. The molecule has 2 heterocycles. The highest BCUT2D eigenvalue weighted by atomic mass is 32.2. The van der Waals surface area contributed by atoms with E-state index in [2.05, 4.69) is 52.4 Å². The molecule has 0 atom stereocenters. The van der Waals surface area contributed by atoms with Crippen molar-refractivity contribution in [2.45, 2.75) is 19.0 Å². The molecule has 0 N–H and O–H groups in total. The summed E-state index contributed by atoms with van der Waals surface area (Å²) in [5.74, 6) is 1.93. The zero-order valence-corrected chi connectivity index (χ0v) is 17.9. The lowest BCUT2D eigenvalue weighted by atomic mass is 10.0. The van der Waals surface area contributed by atoms with Crippen molar-refractivity contribution in [3.63, 3.8) is 0 Å². The summed E-state index contributed by atoms with van der Waals surface area (Å²) < 4.78 is 13.1. The Morgan fingerprint density at radius 3 is 2.24 bits per heavy atom. The summed E-state index contributed by atoms with van der Waals surface area (Å²) in [6, 6.07) is 14.5. The van der Waals surface area contributed by atoms with Gasteiger partial charge in [-0.2, -0.15) is 4.98 Å².